The summed E-state index contributed by atoms with van der Waals surface area (Å²) in [6, 6.07) is 8.88. The van der Waals surface area contributed by atoms with E-state index in [4.69, 9.17) is 0 Å². The van der Waals surface area contributed by atoms with Crippen molar-refractivity contribution in [3.8, 4) is 0 Å². The SMILES string of the molecule is COC(=O)c1ccccc1.[NaH]. The molecule has 1 rings (SSSR count). The molecule has 0 aliphatic carbocycles. The topological polar surface area (TPSA) is 26.3 Å². The first-order valence-electron chi connectivity index (χ1n) is 2.98. The molecule has 0 radical (unpaired) electrons. The maximum absolute atomic E-state index is 10.8. The fourth-order valence-corrected chi connectivity index (χ4v) is 0.692. The van der Waals surface area contributed by atoms with Gasteiger partial charge in [-0.3, -0.25) is 0 Å². The maximum atomic E-state index is 10.8. The number of methoxy groups -OCH3 is 1. The number of rotatable bonds is 1. The first kappa shape index (κ1) is 10.7. The van der Waals surface area contributed by atoms with Crippen LogP contribution in [0.1, 0.15) is 10.4 Å². The number of benzene rings is 1. The molecule has 0 saturated carbocycles. The predicted molar refractivity (Wildman–Crippen MR) is 44.9 cm³/mol. The van der Waals surface area contributed by atoms with Crippen molar-refractivity contribution in [3.05, 3.63) is 35.9 Å². The fourth-order valence-electron chi connectivity index (χ4n) is 0.692. The number of hydrogen-bond acceptors (Lipinski definition) is 2. The molecule has 11 heavy (non-hydrogen) atoms. The summed E-state index contributed by atoms with van der Waals surface area (Å²) >= 11 is 0. The van der Waals surface area contributed by atoms with Gasteiger partial charge in [0.2, 0.25) is 0 Å². The fraction of sp³-hybridized carbons (Fsp3) is 0.125. The molecule has 3 heteroatoms. The Kier molecular flexibility index (Phi) is 5.20. The number of esters is 1. The molecule has 2 nitrogen and oxygen atoms in total. The van der Waals surface area contributed by atoms with Gasteiger partial charge in [-0.15, -0.1) is 0 Å². The first-order chi connectivity index (χ1) is 4.84. The molecule has 0 aromatic heterocycles. The van der Waals surface area contributed by atoms with Gasteiger partial charge in [-0.2, -0.15) is 0 Å². The molecule has 0 amide bonds. The molecule has 54 valence electrons. The van der Waals surface area contributed by atoms with E-state index in [1.54, 1.807) is 24.3 Å². The monoisotopic (exact) mass is 160 g/mol. The van der Waals surface area contributed by atoms with Gasteiger partial charge in [-0.05, 0) is 12.1 Å². The Bertz CT molecular complexity index is 221. The van der Waals surface area contributed by atoms with Gasteiger partial charge in [0.15, 0.2) is 0 Å². The van der Waals surface area contributed by atoms with Crippen molar-refractivity contribution in [2.75, 3.05) is 7.11 Å². The second-order valence-corrected chi connectivity index (χ2v) is 1.86. The summed E-state index contributed by atoms with van der Waals surface area (Å²) in [5, 5.41) is 0. The molecular weight excluding hydrogens is 151 g/mol. The van der Waals surface area contributed by atoms with Crippen LogP contribution in [0.3, 0.4) is 0 Å². The number of carbonyl (C=O) groups excluding carboxylic acids is 1. The van der Waals surface area contributed by atoms with Gasteiger partial charge in [-0.1, -0.05) is 18.2 Å². The summed E-state index contributed by atoms with van der Waals surface area (Å²) in [5.74, 6) is -0.291. The van der Waals surface area contributed by atoms with Crippen LogP contribution in [0.5, 0.6) is 0 Å². The second kappa shape index (κ2) is 5.35. The van der Waals surface area contributed by atoms with Gasteiger partial charge >= 0.3 is 35.5 Å². The number of ether oxygens (including phenoxy) is 1. The molecule has 0 N–H and O–H groups in total. The molecule has 0 unspecified atom stereocenters. The van der Waals surface area contributed by atoms with Crippen LogP contribution in [0.4, 0.5) is 0 Å². The predicted octanol–water partition coefficient (Wildman–Crippen LogP) is 0.825. The van der Waals surface area contributed by atoms with E-state index in [-0.39, 0.29) is 35.5 Å². The van der Waals surface area contributed by atoms with Crippen LogP contribution in [-0.4, -0.2) is 42.6 Å². The average molecular weight is 160 g/mol. The van der Waals surface area contributed by atoms with Crippen molar-refractivity contribution in [1.82, 2.24) is 0 Å². The minimum absolute atomic E-state index is 0. The van der Waals surface area contributed by atoms with E-state index >= 15 is 0 Å². The van der Waals surface area contributed by atoms with Crippen LogP contribution in [-0.2, 0) is 4.74 Å². The van der Waals surface area contributed by atoms with E-state index in [1.165, 1.54) is 7.11 Å². The molecule has 0 bridgehead atoms. The molecular formula is C8H9NaO2. The van der Waals surface area contributed by atoms with Gasteiger partial charge in [-0.25, -0.2) is 4.79 Å². The summed E-state index contributed by atoms with van der Waals surface area (Å²) in [6.07, 6.45) is 0. The van der Waals surface area contributed by atoms with Crippen LogP contribution < -0.4 is 0 Å². The first-order valence-corrected chi connectivity index (χ1v) is 2.98. The molecule has 0 heterocycles. The van der Waals surface area contributed by atoms with E-state index in [9.17, 15) is 4.79 Å². The Morgan fingerprint density at radius 1 is 1.27 bits per heavy atom. The van der Waals surface area contributed by atoms with Crippen molar-refractivity contribution >= 4 is 35.5 Å². The standard InChI is InChI=1S/C8H8O2.Na.H/c1-10-8(9)7-5-3-2-4-6-7;;/h2-6H,1H3;;. The van der Waals surface area contributed by atoms with Gasteiger partial charge in [0, 0.05) is 0 Å². The Balaban J connectivity index is 0.000001000. The molecule has 0 fully saturated rings. The molecule has 0 aliphatic rings. The van der Waals surface area contributed by atoms with E-state index in [0.717, 1.165) is 0 Å². The zero-order valence-corrected chi connectivity index (χ0v) is 5.70. The summed E-state index contributed by atoms with van der Waals surface area (Å²) in [5.41, 5.74) is 0.588. The van der Waals surface area contributed by atoms with Crippen molar-refractivity contribution in [1.29, 1.82) is 0 Å². The Hall–Kier alpha value is -0.310. The third kappa shape index (κ3) is 3.06. The summed E-state index contributed by atoms with van der Waals surface area (Å²) in [6.45, 7) is 0. The van der Waals surface area contributed by atoms with Crippen LogP contribution in [0, 0.1) is 0 Å². The normalized spacial score (nSPS) is 8.09. The van der Waals surface area contributed by atoms with E-state index in [1.807, 2.05) is 6.07 Å². The molecule has 1 aromatic carbocycles. The molecule has 0 aliphatic heterocycles. The van der Waals surface area contributed by atoms with Gasteiger partial charge in [0.05, 0.1) is 12.7 Å². The number of hydrogen-bond donors (Lipinski definition) is 0. The molecule has 0 atom stereocenters. The van der Waals surface area contributed by atoms with E-state index in [0.29, 0.717) is 5.56 Å². The summed E-state index contributed by atoms with van der Waals surface area (Å²) in [7, 11) is 1.37. The molecule has 0 saturated heterocycles. The Morgan fingerprint density at radius 2 is 1.82 bits per heavy atom. The van der Waals surface area contributed by atoms with Crippen molar-refractivity contribution in [2.45, 2.75) is 0 Å². The third-order valence-corrected chi connectivity index (χ3v) is 1.19. The van der Waals surface area contributed by atoms with Gasteiger partial charge in [0.1, 0.15) is 0 Å². The summed E-state index contributed by atoms with van der Waals surface area (Å²) < 4.78 is 4.50. The third-order valence-electron chi connectivity index (χ3n) is 1.19. The molecule has 0 spiro atoms. The Labute approximate surface area is 87.8 Å². The Morgan fingerprint density at radius 3 is 2.27 bits per heavy atom. The van der Waals surface area contributed by atoms with Crippen molar-refractivity contribution in [2.24, 2.45) is 0 Å². The van der Waals surface area contributed by atoms with Crippen LogP contribution in [0.25, 0.3) is 0 Å². The van der Waals surface area contributed by atoms with Crippen LogP contribution in [0.2, 0.25) is 0 Å². The zero-order chi connectivity index (χ0) is 7.40. The number of carbonyl (C=O) groups is 1. The zero-order valence-electron chi connectivity index (χ0n) is 5.70. The van der Waals surface area contributed by atoms with Gasteiger partial charge < -0.3 is 4.74 Å². The quantitative estimate of drug-likeness (QED) is 0.449. The second-order valence-electron chi connectivity index (χ2n) is 1.86. The average Bonchev–Trinajstić information content (AvgIpc) is 2.05. The summed E-state index contributed by atoms with van der Waals surface area (Å²) in [4.78, 5) is 10.8. The van der Waals surface area contributed by atoms with E-state index in [2.05, 4.69) is 4.74 Å². The van der Waals surface area contributed by atoms with Gasteiger partial charge in [0.25, 0.3) is 0 Å². The van der Waals surface area contributed by atoms with Crippen molar-refractivity contribution in [3.63, 3.8) is 0 Å². The molecule has 1 aromatic rings. The minimum atomic E-state index is -0.291. The van der Waals surface area contributed by atoms with Crippen LogP contribution >= 0.6 is 0 Å². The van der Waals surface area contributed by atoms with Crippen molar-refractivity contribution < 1.29 is 9.53 Å². The van der Waals surface area contributed by atoms with E-state index < -0.39 is 0 Å². The van der Waals surface area contributed by atoms with Crippen LogP contribution in [0.15, 0.2) is 30.3 Å².